The van der Waals surface area contributed by atoms with Crippen molar-refractivity contribution in [3.8, 4) is 5.75 Å². The molecule has 4 nitrogen and oxygen atoms in total. The van der Waals surface area contributed by atoms with Crippen LogP contribution in [0.1, 0.15) is 13.8 Å². The molecule has 0 aliphatic carbocycles. The second-order valence-corrected chi connectivity index (χ2v) is 4.96. The Kier molecular flexibility index (Phi) is 4.60. The van der Waals surface area contributed by atoms with Crippen LogP contribution >= 0.6 is 0 Å². The molecule has 0 heterocycles. The van der Waals surface area contributed by atoms with Crippen LogP contribution in [0.25, 0.3) is 10.8 Å². The molecule has 0 fully saturated rings. The van der Waals surface area contributed by atoms with E-state index in [0.717, 1.165) is 10.8 Å². The summed E-state index contributed by atoms with van der Waals surface area (Å²) in [7, 11) is 0. The van der Waals surface area contributed by atoms with E-state index in [-0.39, 0.29) is 5.57 Å². The molecular weight excluding hydrogens is 268 g/mol. The molecule has 21 heavy (non-hydrogen) atoms. The topological polar surface area (TPSA) is 66.8 Å². The Bertz CT molecular complexity index is 668. The Balaban J connectivity index is 2.36. The Morgan fingerprint density at radius 1 is 1.19 bits per heavy atom. The molecule has 0 saturated carbocycles. The predicted octanol–water partition coefficient (Wildman–Crippen LogP) is 3.00. The van der Waals surface area contributed by atoms with E-state index >= 15 is 0 Å². The second kappa shape index (κ2) is 6.41. The molecule has 0 spiro atoms. The zero-order valence-corrected chi connectivity index (χ0v) is 12.0. The van der Waals surface area contributed by atoms with E-state index in [2.05, 4.69) is 0 Å². The molecule has 0 aliphatic heterocycles. The maximum atomic E-state index is 10.9. The van der Waals surface area contributed by atoms with Gasteiger partial charge in [-0.3, -0.25) is 0 Å². The lowest BCUT2D eigenvalue weighted by Gasteiger charge is -2.20. The molecule has 2 atom stereocenters. The van der Waals surface area contributed by atoms with Crippen molar-refractivity contribution in [2.45, 2.75) is 26.1 Å². The Hall–Kier alpha value is -2.33. The minimum Gasteiger partial charge on any atom is -0.483 e. The lowest BCUT2D eigenvalue weighted by Crippen LogP contribution is -2.28. The van der Waals surface area contributed by atoms with E-state index < -0.39 is 18.2 Å². The average Bonchev–Trinajstić information content (AvgIpc) is 2.46. The third-order valence-electron chi connectivity index (χ3n) is 3.24. The van der Waals surface area contributed by atoms with Crippen LogP contribution in [-0.2, 0) is 4.79 Å². The normalized spacial score (nSPS) is 14.7. The summed E-state index contributed by atoms with van der Waals surface area (Å²) in [6.45, 7) is 3.05. The van der Waals surface area contributed by atoms with Crippen LogP contribution in [0.4, 0.5) is 0 Å². The highest BCUT2D eigenvalue weighted by Crippen LogP contribution is 2.27. The van der Waals surface area contributed by atoms with Crippen LogP contribution in [0.3, 0.4) is 0 Å². The number of carbonyl (C=O) groups is 1. The van der Waals surface area contributed by atoms with Gasteiger partial charge in [0.05, 0.1) is 6.10 Å². The minimum atomic E-state index is -1.03. The van der Waals surface area contributed by atoms with Crippen molar-refractivity contribution < 1.29 is 19.7 Å². The standard InChI is InChI=1S/C17H18O4/c1-11(17(19)20)10-16(12(2)18)21-15-9-5-7-13-6-3-4-8-14(13)15/h3-10,12,16,18H,1-2H3,(H,19,20). The number of fused-ring (bicyclic) bond motifs is 1. The summed E-state index contributed by atoms with van der Waals surface area (Å²) in [5.41, 5.74) is 0.140. The molecule has 0 aromatic heterocycles. The van der Waals surface area contributed by atoms with Crippen LogP contribution in [0, 0.1) is 0 Å². The Morgan fingerprint density at radius 2 is 1.86 bits per heavy atom. The van der Waals surface area contributed by atoms with E-state index in [1.54, 1.807) is 6.92 Å². The number of benzene rings is 2. The van der Waals surface area contributed by atoms with Gasteiger partial charge in [-0.2, -0.15) is 0 Å². The number of rotatable bonds is 5. The monoisotopic (exact) mass is 286 g/mol. The largest absolute Gasteiger partial charge is 0.483 e. The molecule has 2 N–H and O–H groups in total. The molecule has 2 aromatic rings. The highest BCUT2D eigenvalue weighted by molar-refractivity contribution is 5.88. The van der Waals surface area contributed by atoms with Crippen molar-refractivity contribution in [2.24, 2.45) is 0 Å². The summed E-state index contributed by atoms with van der Waals surface area (Å²) in [5, 5.41) is 20.7. The van der Waals surface area contributed by atoms with E-state index in [9.17, 15) is 9.90 Å². The molecule has 110 valence electrons. The predicted molar refractivity (Wildman–Crippen MR) is 81.4 cm³/mol. The van der Waals surface area contributed by atoms with Crippen molar-refractivity contribution in [2.75, 3.05) is 0 Å². The number of ether oxygens (including phenoxy) is 1. The zero-order chi connectivity index (χ0) is 15.4. The van der Waals surface area contributed by atoms with E-state index in [4.69, 9.17) is 9.84 Å². The van der Waals surface area contributed by atoms with Gasteiger partial charge in [-0.05, 0) is 31.4 Å². The van der Waals surface area contributed by atoms with Crippen LogP contribution < -0.4 is 4.74 Å². The SMILES string of the molecule is CC(=CC(Oc1cccc2ccccc12)C(C)O)C(=O)O. The van der Waals surface area contributed by atoms with Gasteiger partial charge in [0.15, 0.2) is 0 Å². The molecule has 0 bridgehead atoms. The fourth-order valence-corrected chi connectivity index (χ4v) is 2.03. The number of hydrogen-bond donors (Lipinski definition) is 2. The van der Waals surface area contributed by atoms with E-state index in [1.165, 1.54) is 13.0 Å². The van der Waals surface area contributed by atoms with Crippen molar-refractivity contribution in [3.63, 3.8) is 0 Å². The Labute approximate surface area is 123 Å². The summed E-state index contributed by atoms with van der Waals surface area (Å²) < 4.78 is 5.82. The quantitative estimate of drug-likeness (QED) is 0.829. The highest BCUT2D eigenvalue weighted by atomic mass is 16.5. The summed E-state index contributed by atoms with van der Waals surface area (Å²) in [6.07, 6.45) is -0.112. The van der Waals surface area contributed by atoms with Gasteiger partial charge in [0.1, 0.15) is 11.9 Å². The second-order valence-electron chi connectivity index (χ2n) is 4.96. The number of aliphatic carboxylic acids is 1. The van der Waals surface area contributed by atoms with Crippen LogP contribution in [-0.4, -0.2) is 28.4 Å². The molecule has 2 aromatic carbocycles. The third kappa shape index (κ3) is 3.61. The van der Waals surface area contributed by atoms with Crippen LogP contribution in [0.5, 0.6) is 5.75 Å². The number of carboxylic acids is 1. The lowest BCUT2D eigenvalue weighted by molar-refractivity contribution is -0.132. The van der Waals surface area contributed by atoms with Crippen LogP contribution in [0.2, 0.25) is 0 Å². The van der Waals surface area contributed by atoms with Crippen molar-refractivity contribution in [1.29, 1.82) is 0 Å². The first-order chi connectivity index (χ1) is 9.99. The maximum absolute atomic E-state index is 10.9. The zero-order valence-electron chi connectivity index (χ0n) is 12.0. The van der Waals surface area contributed by atoms with Gasteiger partial charge in [-0.25, -0.2) is 4.79 Å². The van der Waals surface area contributed by atoms with Gasteiger partial charge < -0.3 is 14.9 Å². The van der Waals surface area contributed by atoms with Gasteiger partial charge in [0.2, 0.25) is 0 Å². The first-order valence-corrected chi connectivity index (χ1v) is 6.73. The van der Waals surface area contributed by atoms with Crippen molar-refractivity contribution in [3.05, 3.63) is 54.1 Å². The molecule has 2 rings (SSSR count). The van der Waals surface area contributed by atoms with E-state index in [1.807, 2.05) is 42.5 Å². The van der Waals surface area contributed by atoms with Gasteiger partial charge in [0, 0.05) is 11.0 Å². The summed E-state index contributed by atoms with van der Waals surface area (Å²) in [5.74, 6) is -0.407. The summed E-state index contributed by atoms with van der Waals surface area (Å²) >= 11 is 0. The number of aliphatic hydroxyl groups is 1. The molecule has 2 unspecified atom stereocenters. The average molecular weight is 286 g/mol. The Morgan fingerprint density at radius 3 is 2.52 bits per heavy atom. The van der Waals surface area contributed by atoms with Gasteiger partial charge in [-0.1, -0.05) is 36.4 Å². The number of aliphatic hydroxyl groups excluding tert-OH is 1. The fourth-order valence-electron chi connectivity index (χ4n) is 2.03. The molecule has 0 saturated heterocycles. The summed E-state index contributed by atoms with van der Waals surface area (Å²) in [4.78, 5) is 10.9. The van der Waals surface area contributed by atoms with Crippen molar-refractivity contribution >= 4 is 16.7 Å². The van der Waals surface area contributed by atoms with Gasteiger partial charge in [0.25, 0.3) is 0 Å². The molecular formula is C17H18O4. The van der Waals surface area contributed by atoms with Crippen LogP contribution in [0.15, 0.2) is 54.1 Å². The van der Waals surface area contributed by atoms with Gasteiger partial charge in [-0.15, -0.1) is 0 Å². The minimum absolute atomic E-state index is 0.140. The first kappa shape index (κ1) is 15.1. The smallest absolute Gasteiger partial charge is 0.331 e. The molecule has 0 aliphatic rings. The lowest BCUT2D eigenvalue weighted by atomic mass is 10.1. The molecule has 0 radical (unpaired) electrons. The first-order valence-electron chi connectivity index (χ1n) is 6.73. The van der Waals surface area contributed by atoms with Crippen molar-refractivity contribution in [1.82, 2.24) is 0 Å². The van der Waals surface area contributed by atoms with E-state index in [0.29, 0.717) is 5.75 Å². The third-order valence-corrected chi connectivity index (χ3v) is 3.24. The molecule has 0 amide bonds. The summed E-state index contributed by atoms with van der Waals surface area (Å²) in [6, 6.07) is 13.4. The van der Waals surface area contributed by atoms with Gasteiger partial charge >= 0.3 is 5.97 Å². The molecule has 4 heteroatoms. The fraction of sp³-hybridized carbons (Fsp3) is 0.235. The maximum Gasteiger partial charge on any atom is 0.331 e. The highest BCUT2D eigenvalue weighted by Gasteiger charge is 2.17. The number of carboxylic acid groups (broad SMARTS) is 1. The number of hydrogen-bond acceptors (Lipinski definition) is 3.